The molecule has 2 aromatic rings. The van der Waals surface area contributed by atoms with Crippen LogP contribution < -0.4 is 11.1 Å². The van der Waals surface area contributed by atoms with Crippen LogP contribution in [-0.4, -0.2) is 37.4 Å². The average molecular weight is 421 g/mol. The van der Waals surface area contributed by atoms with Crippen LogP contribution >= 0.6 is 0 Å². The van der Waals surface area contributed by atoms with Crippen molar-refractivity contribution in [1.29, 1.82) is 0 Å². The number of amides is 1. The SMILES string of the molecule is CC(C)(C)OC(=O)N[C@]1(CN)[C@H](c2ccc(F)cc2)[C@@H]1S(=O)(=O)c1ccccc1. The van der Waals surface area contributed by atoms with E-state index in [4.69, 9.17) is 10.5 Å². The van der Waals surface area contributed by atoms with Crippen molar-refractivity contribution in [3.05, 3.63) is 66.0 Å². The fourth-order valence-electron chi connectivity index (χ4n) is 3.70. The van der Waals surface area contributed by atoms with Crippen molar-refractivity contribution in [1.82, 2.24) is 5.32 Å². The molecule has 3 rings (SSSR count). The first-order chi connectivity index (χ1) is 13.5. The number of sulfone groups is 1. The van der Waals surface area contributed by atoms with Crippen molar-refractivity contribution in [2.75, 3.05) is 6.54 Å². The maximum Gasteiger partial charge on any atom is 0.408 e. The van der Waals surface area contributed by atoms with Crippen LogP contribution in [0.15, 0.2) is 59.5 Å². The highest BCUT2D eigenvalue weighted by Crippen LogP contribution is 2.56. The summed E-state index contributed by atoms with van der Waals surface area (Å²) >= 11 is 0. The highest BCUT2D eigenvalue weighted by molar-refractivity contribution is 7.92. The number of hydrogen-bond donors (Lipinski definition) is 2. The van der Waals surface area contributed by atoms with Gasteiger partial charge in [0.15, 0.2) is 9.84 Å². The van der Waals surface area contributed by atoms with E-state index < -0.39 is 44.1 Å². The quantitative estimate of drug-likeness (QED) is 0.775. The van der Waals surface area contributed by atoms with E-state index in [-0.39, 0.29) is 11.4 Å². The van der Waals surface area contributed by atoms with Gasteiger partial charge in [0.05, 0.1) is 10.4 Å². The molecule has 0 radical (unpaired) electrons. The fraction of sp³-hybridized carbons (Fsp3) is 0.381. The number of nitrogens with one attached hydrogen (secondary N) is 1. The molecule has 3 N–H and O–H groups in total. The molecule has 6 nitrogen and oxygen atoms in total. The predicted molar refractivity (Wildman–Crippen MR) is 108 cm³/mol. The van der Waals surface area contributed by atoms with E-state index in [2.05, 4.69) is 5.32 Å². The van der Waals surface area contributed by atoms with Crippen LogP contribution in [0.1, 0.15) is 32.3 Å². The summed E-state index contributed by atoms with van der Waals surface area (Å²) in [6.07, 6.45) is -0.749. The number of halogens is 1. The summed E-state index contributed by atoms with van der Waals surface area (Å²) < 4.78 is 45.5. The molecule has 0 spiro atoms. The van der Waals surface area contributed by atoms with Gasteiger partial charge in [0.2, 0.25) is 0 Å². The summed E-state index contributed by atoms with van der Waals surface area (Å²) in [4.78, 5) is 12.6. The maximum absolute atomic E-state index is 13.4. The van der Waals surface area contributed by atoms with Crippen LogP contribution in [0.25, 0.3) is 0 Å². The van der Waals surface area contributed by atoms with Gasteiger partial charge in [0.25, 0.3) is 0 Å². The Morgan fingerprint density at radius 3 is 2.24 bits per heavy atom. The molecule has 8 heteroatoms. The molecule has 0 unspecified atom stereocenters. The van der Waals surface area contributed by atoms with E-state index in [1.165, 1.54) is 36.4 Å². The molecule has 0 heterocycles. The Balaban J connectivity index is 2.03. The molecule has 1 aliphatic rings. The molecular weight excluding hydrogens is 395 g/mol. The third-order valence-electron chi connectivity index (χ3n) is 4.96. The molecule has 156 valence electrons. The van der Waals surface area contributed by atoms with Crippen LogP contribution in [0, 0.1) is 5.82 Å². The smallest absolute Gasteiger partial charge is 0.408 e. The van der Waals surface area contributed by atoms with E-state index in [1.807, 2.05) is 0 Å². The van der Waals surface area contributed by atoms with Gasteiger partial charge >= 0.3 is 6.09 Å². The zero-order valence-electron chi connectivity index (χ0n) is 16.6. The van der Waals surface area contributed by atoms with Crippen molar-refractivity contribution in [2.24, 2.45) is 5.73 Å². The second kappa shape index (κ2) is 7.42. The number of rotatable bonds is 5. The Hall–Kier alpha value is -2.45. The van der Waals surface area contributed by atoms with E-state index in [0.29, 0.717) is 5.56 Å². The molecule has 2 aromatic carbocycles. The summed E-state index contributed by atoms with van der Waals surface area (Å²) in [7, 11) is -3.83. The first-order valence-electron chi connectivity index (χ1n) is 9.27. The van der Waals surface area contributed by atoms with E-state index in [1.54, 1.807) is 39.0 Å². The standard InChI is InChI=1S/C21H25FN2O4S/c1-20(2,3)28-19(25)24-21(13-23)17(14-9-11-15(22)12-10-14)18(21)29(26,27)16-7-5-4-6-8-16/h4-12,17-18H,13,23H2,1-3H3,(H,24,25)/t17-,18+,21-/m1/s1. The topological polar surface area (TPSA) is 98.5 Å². The summed E-state index contributed by atoms with van der Waals surface area (Å²) in [6.45, 7) is 5.02. The van der Waals surface area contributed by atoms with E-state index in [9.17, 15) is 17.6 Å². The lowest BCUT2D eigenvalue weighted by Crippen LogP contribution is -2.49. The van der Waals surface area contributed by atoms with Gasteiger partial charge in [-0.05, 0) is 50.6 Å². The number of ether oxygens (including phenoxy) is 1. The molecule has 1 fully saturated rings. The van der Waals surface area contributed by atoms with Crippen molar-refractivity contribution in [2.45, 2.75) is 48.0 Å². The second-order valence-electron chi connectivity index (χ2n) is 8.18. The predicted octanol–water partition coefficient (Wildman–Crippen LogP) is 2.99. The molecule has 1 amide bonds. The minimum Gasteiger partial charge on any atom is -0.444 e. The maximum atomic E-state index is 13.4. The summed E-state index contributed by atoms with van der Waals surface area (Å²) in [6, 6.07) is 13.5. The Labute approximate surface area is 170 Å². The van der Waals surface area contributed by atoms with Gasteiger partial charge in [-0.1, -0.05) is 30.3 Å². The highest BCUT2D eigenvalue weighted by atomic mass is 32.2. The van der Waals surface area contributed by atoms with Crippen LogP contribution in [0.4, 0.5) is 9.18 Å². The van der Waals surface area contributed by atoms with Gasteiger partial charge in [-0.2, -0.15) is 0 Å². The molecule has 1 aliphatic carbocycles. The fourth-order valence-corrected chi connectivity index (χ4v) is 6.06. The minimum atomic E-state index is -3.83. The molecular formula is C21H25FN2O4S. The number of carbonyl (C=O) groups is 1. The number of nitrogens with two attached hydrogens (primary N) is 1. The average Bonchev–Trinajstić information content (AvgIpc) is 3.31. The molecule has 29 heavy (non-hydrogen) atoms. The van der Waals surface area contributed by atoms with Crippen LogP contribution in [0.2, 0.25) is 0 Å². The van der Waals surface area contributed by atoms with Crippen LogP contribution in [-0.2, 0) is 14.6 Å². The number of alkyl carbamates (subject to hydrolysis) is 1. The lowest BCUT2D eigenvalue weighted by molar-refractivity contribution is 0.0497. The largest absolute Gasteiger partial charge is 0.444 e. The van der Waals surface area contributed by atoms with Crippen molar-refractivity contribution in [3.8, 4) is 0 Å². The first kappa shape index (κ1) is 21.3. The zero-order chi connectivity index (χ0) is 21.4. The number of hydrogen-bond acceptors (Lipinski definition) is 5. The second-order valence-corrected chi connectivity index (χ2v) is 10.2. The lowest BCUT2D eigenvalue weighted by Gasteiger charge is -2.24. The third kappa shape index (κ3) is 4.13. The van der Waals surface area contributed by atoms with Gasteiger partial charge < -0.3 is 15.8 Å². The van der Waals surface area contributed by atoms with Gasteiger partial charge in [-0.3, -0.25) is 0 Å². The van der Waals surface area contributed by atoms with Crippen molar-refractivity contribution in [3.63, 3.8) is 0 Å². The van der Waals surface area contributed by atoms with Gasteiger partial charge in [0, 0.05) is 12.5 Å². The Kier molecular flexibility index (Phi) is 5.44. The lowest BCUT2D eigenvalue weighted by atomic mass is 10.1. The normalized spacial score (nSPS) is 24.0. The number of benzene rings is 2. The van der Waals surface area contributed by atoms with Gasteiger partial charge in [-0.15, -0.1) is 0 Å². The minimum absolute atomic E-state index is 0.120. The molecule has 3 atom stereocenters. The summed E-state index contributed by atoms with van der Waals surface area (Å²) in [5, 5.41) is 1.70. The highest BCUT2D eigenvalue weighted by Gasteiger charge is 2.71. The molecule has 0 aromatic heterocycles. The third-order valence-corrected chi connectivity index (χ3v) is 7.25. The van der Waals surface area contributed by atoms with Crippen molar-refractivity contribution >= 4 is 15.9 Å². The van der Waals surface area contributed by atoms with Crippen molar-refractivity contribution < 1.29 is 22.3 Å². The molecule has 1 saturated carbocycles. The van der Waals surface area contributed by atoms with Crippen LogP contribution in [0.5, 0.6) is 0 Å². The number of carbonyl (C=O) groups excluding carboxylic acids is 1. The van der Waals surface area contributed by atoms with E-state index >= 15 is 0 Å². The molecule has 0 bridgehead atoms. The molecule has 0 aliphatic heterocycles. The Morgan fingerprint density at radius 2 is 1.72 bits per heavy atom. The Bertz CT molecular complexity index is 988. The van der Waals surface area contributed by atoms with Gasteiger partial charge in [-0.25, -0.2) is 17.6 Å². The summed E-state index contributed by atoms with van der Waals surface area (Å²) in [5.74, 6) is -1.07. The Morgan fingerprint density at radius 1 is 1.14 bits per heavy atom. The van der Waals surface area contributed by atoms with E-state index in [0.717, 1.165) is 0 Å². The molecule has 0 saturated heterocycles. The zero-order valence-corrected chi connectivity index (χ0v) is 17.4. The van der Waals surface area contributed by atoms with Crippen LogP contribution in [0.3, 0.4) is 0 Å². The monoisotopic (exact) mass is 420 g/mol. The first-order valence-corrected chi connectivity index (χ1v) is 10.8. The van der Waals surface area contributed by atoms with Gasteiger partial charge in [0.1, 0.15) is 16.7 Å². The summed E-state index contributed by atoms with van der Waals surface area (Å²) in [5.41, 5.74) is 4.56.